The molecular weight excluding hydrogens is 528 g/mol. The van der Waals surface area contributed by atoms with Crippen LogP contribution in [-0.4, -0.2) is 49.9 Å². The van der Waals surface area contributed by atoms with Gasteiger partial charge >= 0.3 is 6.18 Å². The number of carbonyl (C=O) groups is 1. The third kappa shape index (κ3) is 5.95. The minimum atomic E-state index is -4.63. The van der Waals surface area contributed by atoms with Gasteiger partial charge in [0.2, 0.25) is 11.7 Å². The zero-order valence-corrected chi connectivity index (χ0v) is 21.7. The van der Waals surface area contributed by atoms with Crippen molar-refractivity contribution in [1.29, 1.82) is 0 Å². The normalized spacial score (nSPS) is 15.2. The number of alkyl halides is 3. The van der Waals surface area contributed by atoms with Crippen LogP contribution in [0.5, 0.6) is 5.75 Å². The Kier molecular flexibility index (Phi) is 7.51. The molecule has 1 atom stereocenters. The van der Waals surface area contributed by atoms with Crippen LogP contribution in [0.3, 0.4) is 0 Å². The van der Waals surface area contributed by atoms with Gasteiger partial charge in [-0.25, -0.2) is 24.3 Å². The molecule has 1 fully saturated rings. The number of hydrogen-bond acceptors (Lipinski definition) is 7. The van der Waals surface area contributed by atoms with Crippen LogP contribution in [0.1, 0.15) is 44.1 Å². The van der Waals surface area contributed by atoms with Crippen molar-refractivity contribution in [1.82, 2.24) is 24.8 Å². The van der Waals surface area contributed by atoms with Gasteiger partial charge < -0.3 is 15.0 Å². The lowest BCUT2D eigenvalue weighted by atomic mass is 10.0. The Bertz CT molecular complexity index is 1500. The van der Waals surface area contributed by atoms with E-state index >= 15 is 0 Å². The van der Waals surface area contributed by atoms with Gasteiger partial charge in [-0.15, -0.1) is 0 Å². The van der Waals surface area contributed by atoms with E-state index in [0.29, 0.717) is 54.0 Å². The van der Waals surface area contributed by atoms with Crippen LogP contribution in [0.15, 0.2) is 55.1 Å². The molecule has 208 valence electrons. The summed E-state index contributed by atoms with van der Waals surface area (Å²) in [6.07, 6.45) is 0.173. The van der Waals surface area contributed by atoms with Crippen molar-refractivity contribution in [2.75, 3.05) is 18.4 Å². The summed E-state index contributed by atoms with van der Waals surface area (Å²) in [5, 5.41) is 3.84. The number of rotatable bonds is 6. The van der Waals surface area contributed by atoms with Crippen LogP contribution in [-0.2, 0) is 11.0 Å². The maximum atomic E-state index is 13.6. The van der Waals surface area contributed by atoms with E-state index in [1.807, 2.05) is 12.1 Å². The van der Waals surface area contributed by atoms with E-state index in [4.69, 9.17) is 4.74 Å². The van der Waals surface area contributed by atoms with Crippen molar-refractivity contribution in [3.05, 3.63) is 72.3 Å². The number of likely N-dealkylation sites (tertiary alicyclic amines) is 1. The maximum absolute atomic E-state index is 13.6. The summed E-state index contributed by atoms with van der Waals surface area (Å²) in [6.45, 7) is 4.47. The summed E-state index contributed by atoms with van der Waals surface area (Å²) in [6, 6.07) is 9.25. The number of piperidine rings is 1. The third-order valence-corrected chi connectivity index (χ3v) is 6.84. The van der Waals surface area contributed by atoms with Gasteiger partial charge in [0.1, 0.15) is 35.3 Å². The highest BCUT2D eigenvalue weighted by molar-refractivity contribution is 5.96. The van der Waals surface area contributed by atoms with Crippen molar-refractivity contribution in [2.45, 2.75) is 45.0 Å². The molecule has 2 aromatic heterocycles. The van der Waals surface area contributed by atoms with Crippen LogP contribution in [0.25, 0.3) is 22.0 Å². The van der Waals surface area contributed by atoms with Crippen molar-refractivity contribution >= 4 is 22.6 Å². The number of aromatic nitrogens is 4. The largest absolute Gasteiger partial charge is 0.488 e. The first-order valence-electron chi connectivity index (χ1n) is 12.7. The minimum Gasteiger partial charge on any atom is -0.488 e. The summed E-state index contributed by atoms with van der Waals surface area (Å²) in [5.74, 6) is -0.614. The Morgan fingerprint density at radius 3 is 2.33 bits per heavy atom. The van der Waals surface area contributed by atoms with Crippen LogP contribution in [0.2, 0.25) is 0 Å². The quantitative estimate of drug-likeness (QED) is 0.301. The van der Waals surface area contributed by atoms with Gasteiger partial charge in [-0.3, -0.25) is 4.79 Å². The van der Waals surface area contributed by atoms with Gasteiger partial charge in [0.05, 0.1) is 6.04 Å². The first kappa shape index (κ1) is 27.2. The first-order valence-corrected chi connectivity index (χ1v) is 12.7. The summed E-state index contributed by atoms with van der Waals surface area (Å²) in [7, 11) is 0. The molecule has 8 nitrogen and oxygen atoms in total. The zero-order valence-electron chi connectivity index (χ0n) is 21.7. The minimum absolute atomic E-state index is 0.0261. The maximum Gasteiger partial charge on any atom is 0.451 e. The molecule has 3 heterocycles. The predicted molar refractivity (Wildman–Crippen MR) is 140 cm³/mol. The highest BCUT2D eigenvalue weighted by atomic mass is 19.4. The Hall–Kier alpha value is -4.35. The molecule has 1 aliphatic rings. The molecule has 0 bridgehead atoms. The highest BCUT2D eigenvalue weighted by Crippen LogP contribution is 2.36. The molecule has 4 aromatic rings. The Morgan fingerprint density at radius 2 is 1.70 bits per heavy atom. The van der Waals surface area contributed by atoms with Crippen LogP contribution >= 0.6 is 0 Å². The second-order valence-electron chi connectivity index (χ2n) is 9.63. The Balaban J connectivity index is 1.49. The molecule has 2 aromatic carbocycles. The number of nitrogens with one attached hydrogen (secondary N) is 1. The lowest BCUT2D eigenvalue weighted by Gasteiger charge is -2.31. The number of amides is 1. The average Bonchev–Trinajstić information content (AvgIpc) is 2.93. The standard InChI is InChI=1S/C28H26F4N6O2/c1-16(20-13-33-27(34-14-20)28(30,31)32)37-26-23-11-19(18-3-5-21(29)6-4-18)12-24(25(23)35-15-36-26)40-22-7-9-38(10-8-22)17(2)39/h3-6,11-16,22H,7-10H2,1-2H3,(H,35,36,37). The molecule has 5 rings (SSSR count). The number of halogens is 4. The molecule has 0 aliphatic carbocycles. The van der Waals surface area contributed by atoms with Crippen molar-refractivity contribution in [3.63, 3.8) is 0 Å². The molecule has 12 heteroatoms. The fourth-order valence-electron chi connectivity index (χ4n) is 4.61. The van der Waals surface area contributed by atoms with Crippen LogP contribution in [0, 0.1) is 5.82 Å². The summed E-state index contributed by atoms with van der Waals surface area (Å²) in [4.78, 5) is 29.3. The SMILES string of the molecule is CC(=O)N1CCC(Oc2cc(-c3ccc(F)cc3)cc3c(NC(C)c4cnc(C(F)(F)F)nc4)ncnc23)CC1. The van der Waals surface area contributed by atoms with E-state index in [-0.39, 0.29) is 17.8 Å². The van der Waals surface area contributed by atoms with E-state index in [0.717, 1.165) is 23.5 Å². The summed E-state index contributed by atoms with van der Waals surface area (Å²) in [5.41, 5.74) is 2.46. The number of carbonyl (C=O) groups excluding carboxylic acids is 1. The first-order chi connectivity index (χ1) is 19.1. The fourth-order valence-corrected chi connectivity index (χ4v) is 4.61. The lowest BCUT2D eigenvalue weighted by molar-refractivity contribution is -0.145. The van der Waals surface area contributed by atoms with Gasteiger partial charge in [0, 0.05) is 56.2 Å². The number of ether oxygens (including phenoxy) is 1. The number of anilines is 1. The fraction of sp³-hybridized carbons (Fsp3) is 0.321. The highest BCUT2D eigenvalue weighted by Gasteiger charge is 2.34. The van der Waals surface area contributed by atoms with E-state index in [2.05, 4.69) is 25.3 Å². The molecule has 1 aliphatic heterocycles. The van der Waals surface area contributed by atoms with Crippen LogP contribution < -0.4 is 10.1 Å². The third-order valence-electron chi connectivity index (χ3n) is 6.84. The van der Waals surface area contributed by atoms with Gasteiger partial charge in [0.25, 0.3) is 0 Å². The number of nitrogens with zero attached hydrogens (tertiary/aromatic N) is 5. The molecule has 1 N–H and O–H groups in total. The molecule has 1 unspecified atom stereocenters. The number of fused-ring (bicyclic) bond motifs is 1. The number of hydrogen-bond donors (Lipinski definition) is 1. The van der Waals surface area contributed by atoms with Crippen molar-refractivity contribution in [3.8, 4) is 16.9 Å². The van der Waals surface area contributed by atoms with Gasteiger partial charge in [-0.1, -0.05) is 12.1 Å². The Labute approximate surface area is 227 Å². The van der Waals surface area contributed by atoms with Crippen molar-refractivity contribution < 1.29 is 27.1 Å². The second-order valence-corrected chi connectivity index (χ2v) is 9.63. The molecule has 0 radical (unpaired) electrons. The zero-order chi connectivity index (χ0) is 28.4. The van der Waals surface area contributed by atoms with Crippen LogP contribution in [0.4, 0.5) is 23.4 Å². The van der Waals surface area contributed by atoms with E-state index in [9.17, 15) is 22.4 Å². The average molecular weight is 555 g/mol. The molecule has 1 amide bonds. The van der Waals surface area contributed by atoms with Gasteiger partial charge in [0.15, 0.2) is 0 Å². The number of benzene rings is 2. The second kappa shape index (κ2) is 11.0. The van der Waals surface area contributed by atoms with E-state index in [1.165, 1.54) is 18.5 Å². The topological polar surface area (TPSA) is 93.1 Å². The predicted octanol–water partition coefficient (Wildman–Crippen LogP) is 5.81. The monoisotopic (exact) mass is 554 g/mol. The molecule has 1 saturated heterocycles. The van der Waals surface area contributed by atoms with Gasteiger partial charge in [-0.05, 0) is 42.3 Å². The Morgan fingerprint density at radius 1 is 1.02 bits per heavy atom. The molecule has 0 saturated carbocycles. The van der Waals surface area contributed by atoms with E-state index in [1.54, 1.807) is 30.9 Å². The van der Waals surface area contributed by atoms with Gasteiger partial charge in [-0.2, -0.15) is 13.2 Å². The smallest absolute Gasteiger partial charge is 0.451 e. The molecule has 40 heavy (non-hydrogen) atoms. The summed E-state index contributed by atoms with van der Waals surface area (Å²) >= 11 is 0. The molecular formula is C28H26F4N6O2. The van der Waals surface area contributed by atoms with Crippen molar-refractivity contribution in [2.24, 2.45) is 0 Å². The summed E-state index contributed by atoms with van der Waals surface area (Å²) < 4.78 is 58.7. The lowest BCUT2D eigenvalue weighted by Crippen LogP contribution is -2.40. The van der Waals surface area contributed by atoms with E-state index < -0.39 is 18.0 Å². The molecule has 0 spiro atoms.